The van der Waals surface area contributed by atoms with Crippen LogP contribution < -0.4 is 10.2 Å². The van der Waals surface area contributed by atoms with Gasteiger partial charge in [-0.05, 0) is 12.1 Å². The van der Waals surface area contributed by atoms with Crippen molar-refractivity contribution in [2.75, 3.05) is 18.0 Å². The Balaban J connectivity index is 1.82. The first-order valence-corrected chi connectivity index (χ1v) is 6.89. The summed E-state index contributed by atoms with van der Waals surface area (Å²) in [5.41, 5.74) is 0.839. The maximum absolute atomic E-state index is 11.8. The molecule has 5 heteroatoms. The molecule has 1 unspecified atom stereocenters. The minimum atomic E-state index is -0.323. The summed E-state index contributed by atoms with van der Waals surface area (Å²) in [6, 6.07) is 9.44. The van der Waals surface area contributed by atoms with Gasteiger partial charge in [-0.25, -0.2) is 4.79 Å². The van der Waals surface area contributed by atoms with E-state index in [4.69, 9.17) is 4.74 Å². The van der Waals surface area contributed by atoms with E-state index in [1.165, 1.54) is 0 Å². The highest BCUT2D eigenvalue weighted by atomic mass is 16.6. The highest BCUT2D eigenvalue weighted by Gasteiger charge is 2.31. The summed E-state index contributed by atoms with van der Waals surface area (Å²) in [5.74, 6) is -0.00353. The van der Waals surface area contributed by atoms with Crippen molar-refractivity contribution < 1.29 is 14.3 Å². The number of carbonyl (C=O) groups is 2. The van der Waals surface area contributed by atoms with Crippen molar-refractivity contribution in [2.24, 2.45) is 5.92 Å². The van der Waals surface area contributed by atoms with E-state index in [0.29, 0.717) is 19.5 Å². The van der Waals surface area contributed by atoms with Gasteiger partial charge in [0.2, 0.25) is 5.91 Å². The second-order valence-electron chi connectivity index (χ2n) is 5.19. The first-order valence-electron chi connectivity index (χ1n) is 6.89. The van der Waals surface area contributed by atoms with Gasteiger partial charge in [0.05, 0.1) is 6.54 Å². The average molecular weight is 276 g/mol. The Hall–Kier alpha value is -2.04. The minimum absolute atomic E-state index is 0.0224. The third kappa shape index (κ3) is 3.50. The molecule has 1 saturated heterocycles. The third-order valence-electron chi connectivity index (χ3n) is 3.23. The van der Waals surface area contributed by atoms with Gasteiger partial charge in [-0.1, -0.05) is 32.0 Å². The summed E-state index contributed by atoms with van der Waals surface area (Å²) in [5, 5.41) is 2.83. The Morgan fingerprint density at radius 2 is 2.10 bits per heavy atom. The van der Waals surface area contributed by atoms with Crippen LogP contribution in [-0.2, 0) is 9.53 Å². The van der Waals surface area contributed by atoms with Crippen LogP contribution in [0.5, 0.6) is 0 Å². The zero-order valence-electron chi connectivity index (χ0n) is 11.8. The minimum Gasteiger partial charge on any atom is -0.444 e. The highest BCUT2D eigenvalue weighted by molar-refractivity contribution is 5.89. The van der Waals surface area contributed by atoms with Crippen molar-refractivity contribution in [3.05, 3.63) is 30.3 Å². The molecule has 0 aromatic heterocycles. The number of nitrogens with one attached hydrogen (secondary N) is 1. The second-order valence-corrected chi connectivity index (χ2v) is 5.19. The molecule has 0 saturated carbocycles. The lowest BCUT2D eigenvalue weighted by Gasteiger charge is -2.12. The van der Waals surface area contributed by atoms with E-state index in [-0.39, 0.29) is 24.0 Å². The average Bonchev–Trinajstić information content (AvgIpc) is 2.80. The number of hydrogen-bond donors (Lipinski definition) is 1. The molecule has 2 amide bonds. The molecule has 1 fully saturated rings. The summed E-state index contributed by atoms with van der Waals surface area (Å²) in [6.45, 7) is 4.75. The van der Waals surface area contributed by atoms with Crippen LogP contribution in [0.4, 0.5) is 10.5 Å². The maximum Gasteiger partial charge on any atom is 0.414 e. The third-order valence-corrected chi connectivity index (χ3v) is 3.23. The van der Waals surface area contributed by atoms with Gasteiger partial charge >= 0.3 is 6.09 Å². The van der Waals surface area contributed by atoms with E-state index < -0.39 is 0 Å². The fraction of sp³-hybridized carbons (Fsp3) is 0.467. The van der Waals surface area contributed by atoms with Crippen LogP contribution in [0.1, 0.15) is 20.3 Å². The maximum atomic E-state index is 11.8. The first kappa shape index (κ1) is 14.4. The number of hydrogen-bond acceptors (Lipinski definition) is 3. The molecule has 0 aliphatic carbocycles. The van der Waals surface area contributed by atoms with Gasteiger partial charge in [0.25, 0.3) is 0 Å². The van der Waals surface area contributed by atoms with Crippen LogP contribution >= 0.6 is 0 Å². The zero-order valence-corrected chi connectivity index (χ0v) is 11.8. The molecular weight excluding hydrogens is 256 g/mol. The van der Waals surface area contributed by atoms with E-state index in [0.717, 1.165) is 5.69 Å². The van der Waals surface area contributed by atoms with Crippen molar-refractivity contribution in [1.82, 2.24) is 5.32 Å². The number of benzene rings is 1. The van der Waals surface area contributed by atoms with Gasteiger partial charge in [0, 0.05) is 24.6 Å². The molecule has 2 rings (SSSR count). The molecule has 0 radical (unpaired) electrons. The number of amides is 2. The van der Waals surface area contributed by atoms with E-state index >= 15 is 0 Å². The molecule has 1 aliphatic heterocycles. The standard InChI is InChI=1S/C15H20N2O3/c1-11(2)14(18)16-9-8-13-10-17(15(19)20-13)12-6-4-3-5-7-12/h3-7,11,13H,8-10H2,1-2H3,(H,16,18). The van der Waals surface area contributed by atoms with Crippen LogP contribution in [0.25, 0.3) is 0 Å². The monoisotopic (exact) mass is 276 g/mol. The molecule has 5 nitrogen and oxygen atoms in total. The lowest BCUT2D eigenvalue weighted by atomic mass is 10.2. The Labute approximate surface area is 118 Å². The Morgan fingerprint density at radius 3 is 2.75 bits per heavy atom. The summed E-state index contributed by atoms with van der Waals surface area (Å²) in [6.07, 6.45) is 0.139. The fourth-order valence-corrected chi connectivity index (χ4v) is 2.05. The van der Waals surface area contributed by atoms with Crippen molar-refractivity contribution in [3.63, 3.8) is 0 Å². The number of para-hydroxylation sites is 1. The molecule has 20 heavy (non-hydrogen) atoms. The first-order chi connectivity index (χ1) is 9.58. The molecule has 1 aromatic carbocycles. The Bertz CT molecular complexity index is 473. The van der Waals surface area contributed by atoms with Crippen molar-refractivity contribution in [3.8, 4) is 0 Å². The van der Waals surface area contributed by atoms with Crippen LogP contribution in [-0.4, -0.2) is 31.2 Å². The normalized spacial score (nSPS) is 18.2. The number of cyclic esters (lactones) is 1. The Kier molecular flexibility index (Phi) is 4.61. The van der Waals surface area contributed by atoms with Crippen LogP contribution in [0.3, 0.4) is 0 Å². The van der Waals surface area contributed by atoms with E-state index in [2.05, 4.69) is 5.32 Å². The summed E-state index contributed by atoms with van der Waals surface area (Å²) in [4.78, 5) is 24.9. The molecular formula is C15H20N2O3. The molecule has 1 atom stereocenters. The largest absolute Gasteiger partial charge is 0.444 e. The van der Waals surface area contributed by atoms with Crippen LogP contribution in [0, 0.1) is 5.92 Å². The predicted molar refractivity (Wildman–Crippen MR) is 76.5 cm³/mol. The Morgan fingerprint density at radius 1 is 1.40 bits per heavy atom. The van der Waals surface area contributed by atoms with Gasteiger partial charge in [-0.15, -0.1) is 0 Å². The zero-order chi connectivity index (χ0) is 14.5. The summed E-state index contributed by atoms with van der Waals surface area (Å²) >= 11 is 0. The van der Waals surface area contributed by atoms with E-state index in [1.54, 1.807) is 4.90 Å². The van der Waals surface area contributed by atoms with Gasteiger partial charge in [-0.3, -0.25) is 9.69 Å². The number of ether oxygens (including phenoxy) is 1. The van der Waals surface area contributed by atoms with Gasteiger partial charge in [-0.2, -0.15) is 0 Å². The molecule has 1 aliphatic rings. The highest BCUT2D eigenvalue weighted by Crippen LogP contribution is 2.22. The predicted octanol–water partition coefficient (Wildman–Crippen LogP) is 2.17. The molecule has 1 N–H and O–H groups in total. The van der Waals surface area contributed by atoms with Gasteiger partial charge in [0.15, 0.2) is 0 Å². The summed E-state index contributed by atoms with van der Waals surface area (Å²) in [7, 11) is 0. The quantitative estimate of drug-likeness (QED) is 0.896. The van der Waals surface area contributed by atoms with Crippen LogP contribution in [0.15, 0.2) is 30.3 Å². The number of anilines is 1. The molecule has 0 spiro atoms. The van der Waals surface area contributed by atoms with E-state index in [1.807, 2.05) is 44.2 Å². The van der Waals surface area contributed by atoms with Gasteiger partial charge < -0.3 is 10.1 Å². The lowest BCUT2D eigenvalue weighted by Crippen LogP contribution is -2.31. The van der Waals surface area contributed by atoms with Crippen molar-refractivity contribution >= 4 is 17.7 Å². The second kappa shape index (κ2) is 6.41. The molecule has 108 valence electrons. The van der Waals surface area contributed by atoms with E-state index in [9.17, 15) is 9.59 Å². The SMILES string of the molecule is CC(C)C(=O)NCCC1CN(c2ccccc2)C(=O)O1. The molecule has 1 heterocycles. The van der Waals surface area contributed by atoms with Gasteiger partial charge in [0.1, 0.15) is 6.10 Å². The number of rotatable bonds is 5. The molecule has 1 aromatic rings. The topological polar surface area (TPSA) is 58.6 Å². The number of nitrogens with zero attached hydrogens (tertiary/aromatic N) is 1. The fourth-order valence-electron chi connectivity index (χ4n) is 2.05. The summed E-state index contributed by atoms with van der Waals surface area (Å²) < 4.78 is 5.31. The lowest BCUT2D eigenvalue weighted by molar-refractivity contribution is -0.124. The molecule has 0 bridgehead atoms. The van der Waals surface area contributed by atoms with Crippen LogP contribution in [0.2, 0.25) is 0 Å². The number of carbonyl (C=O) groups excluding carboxylic acids is 2. The van der Waals surface area contributed by atoms with Crippen molar-refractivity contribution in [1.29, 1.82) is 0 Å². The smallest absolute Gasteiger partial charge is 0.414 e. The van der Waals surface area contributed by atoms with Crippen molar-refractivity contribution in [2.45, 2.75) is 26.4 Å².